The van der Waals surface area contributed by atoms with E-state index in [2.05, 4.69) is 19.5 Å². The number of aromatic hydroxyl groups is 1. The van der Waals surface area contributed by atoms with E-state index in [1.165, 1.54) is 26.5 Å². The fourth-order valence-electron chi connectivity index (χ4n) is 3.97. The van der Waals surface area contributed by atoms with Crippen LogP contribution >= 0.6 is 0 Å². The lowest BCUT2D eigenvalue weighted by Gasteiger charge is -2.19. The first-order valence-corrected chi connectivity index (χ1v) is 12.0. The van der Waals surface area contributed by atoms with Gasteiger partial charge in [-0.05, 0) is 53.6 Å². The summed E-state index contributed by atoms with van der Waals surface area (Å²) in [4.78, 5) is 45.3. The third-order valence-electron chi connectivity index (χ3n) is 6.08. The van der Waals surface area contributed by atoms with Crippen molar-refractivity contribution in [1.82, 2.24) is 4.98 Å². The molecule has 0 aliphatic carbocycles. The van der Waals surface area contributed by atoms with Gasteiger partial charge in [0.1, 0.15) is 16.9 Å². The van der Waals surface area contributed by atoms with Crippen LogP contribution in [-0.4, -0.2) is 49.5 Å². The topological polar surface area (TPSA) is 121 Å². The second kappa shape index (κ2) is 11.9. The van der Waals surface area contributed by atoms with Crippen molar-refractivity contribution in [2.24, 2.45) is 4.99 Å². The van der Waals surface area contributed by atoms with Crippen molar-refractivity contribution in [1.29, 1.82) is 0 Å². The number of pyridine rings is 1. The molecule has 39 heavy (non-hydrogen) atoms. The molecule has 1 aromatic heterocycles. The summed E-state index contributed by atoms with van der Waals surface area (Å²) in [5.41, 5.74) is 3.30. The SMILES string of the molecule is COC(=O)C(=Cc1ccc(N(C)Cc2ccc(N=Cc3c(O)c4ccccc4[nH]c3=O)cc2)cc1)C(=O)OC. The van der Waals surface area contributed by atoms with E-state index in [0.717, 1.165) is 11.3 Å². The molecule has 2 N–H and O–H groups in total. The summed E-state index contributed by atoms with van der Waals surface area (Å²) in [6, 6.07) is 21.9. The third-order valence-corrected chi connectivity index (χ3v) is 6.08. The van der Waals surface area contributed by atoms with Gasteiger partial charge in [-0.15, -0.1) is 0 Å². The number of anilines is 1. The number of hydrogen-bond donors (Lipinski definition) is 2. The van der Waals surface area contributed by atoms with Crippen molar-refractivity contribution in [3.8, 4) is 5.75 Å². The Morgan fingerprint density at radius 2 is 1.59 bits per heavy atom. The van der Waals surface area contributed by atoms with Crippen molar-refractivity contribution >= 4 is 46.5 Å². The maximum Gasteiger partial charge on any atom is 0.345 e. The first-order valence-electron chi connectivity index (χ1n) is 12.0. The molecule has 0 unspecified atom stereocenters. The Kier molecular flexibility index (Phi) is 8.21. The first-order chi connectivity index (χ1) is 18.8. The number of rotatable bonds is 8. The summed E-state index contributed by atoms with van der Waals surface area (Å²) < 4.78 is 9.31. The Bertz CT molecular complexity index is 1600. The van der Waals surface area contributed by atoms with Gasteiger partial charge in [0.2, 0.25) is 0 Å². The quantitative estimate of drug-likeness (QED) is 0.115. The zero-order chi connectivity index (χ0) is 27.9. The van der Waals surface area contributed by atoms with Gasteiger partial charge in [-0.2, -0.15) is 0 Å². The number of carbonyl (C=O) groups is 2. The van der Waals surface area contributed by atoms with Crippen LogP contribution < -0.4 is 10.5 Å². The monoisotopic (exact) mass is 525 g/mol. The Morgan fingerprint density at radius 3 is 2.23 bits per heavy atom. The van der Waals surface area contributed by atoms with Gasteiger partial charge in [0.05, 0.1) is 25.4 Å². The van der Waals surface area contributed by atoms with E-state index < -0.39 is 17.5 Å². The lowest BCUT2D eigenvalue weighted by atomic mass is 10.1. The summed E-state index contributed by atoms with van der Waals surface area (Å²) >= 11 is 0. The van der Waals surface area contributed by atoms with Crippen LogP contribution in [0.1, 0.15) is 16.7 Å². The minimum absolute atomic E-state index is 0.0982. The number of hydrogen-bond acceptors (Lipinski definition) is 8. The number of carbonyl (C=O) groups excluding carboxylic acids is 2. The van der Waals surface area contributed by atoms with Gasteiger partial charge in [0.25, 0.3) is 5.56 Å². The molecule has 198 valence electrons. The molecule has 0 fully saturated rings. The lowest BCUT2D eigenvalue weighted by Crippen LogP contribution is -2.16. The molecule has 9 heteroatoms. The van der Waals surface area contributed by atoms with Crippen LogP contribution in [0.15, 0.2) is 88.2 Å². The molecule has 0 radical (unpaired) electrons. The number of aromatic nitrogens is 1. The number of benzene rings is 3. The average molecular weight is 526 g/mol. The number of para-hydroxylation sites is 1. The molecular weight excluding hydrogens is 498 g/mol. The number of nitrogens with one attached hydrogen (secondary N) is 1. The van der Waals surface area contributed by atoms with Crippen LogP contribution in [0.5, 0.6) is 5.75 Å². The molecular formula is C30H27N3O6. The van der Waals surface area contributed by atoms with Crippen LogP contribution in [0.25, 0.3) is 17.0 Å². The van der Waals surface area contributed by atoms with Crippen LogP contribution in [0, 0.1) is 0 Å². The van der Waals surface area contributed by atoms with Crippen LogP contribution in [0.4, 0.5) is 11.4 Å². The first kappa shape index (κ1) is 26.9. The minimum Gasteiger partial charge on any atom is -0.506 e. The fraction of sp³-hybridized carbons (Fsp3) is 0.133. The number of nitrogens with zero attached hydrogens (tertiary/aromatic N) is 2. The second-order valence-electron chi connectivity index (χ2n) is 8.68. The number of fused-ring (bicyclic) bond motifs is 1. The summed E-state index contributed by atoms with van der Waals surface area (Å²) in [6.07, 6.45) is 2.79. The number of esters is 2. The van der Waals surface area contributed by atoms with Crippen LogP contribution in [-0.2, 0) is 25.6 Å². The smallest absolute Gasteiger partial charge is 0.345 e. The van der Waals surface area contributed by atoms with E-state index >= 15 is 0 Å². The van der Waals surface area contributed by atoms with Gasteiger partial charge in [-0.1, -0.05) is 36.4 Å². The zero-order valence-electron chi connectivity index (χ0n) is 21.7. The van der Waals surface area contributed by atoms with Crippen molar-refractivity contribution in [3.63, 3.8) is 0 Å². The number of H-pyrrole nitrogens is 1. The summed E-state index contributed by atoms with van der Waals surface area (Å²) in [5.74, 6) is -1.64. The average Bonchev–Trinajstić information content (AvgIpc) is 2.96. The Morgan fingerprint density at radius 1 is 0.949 bits per heavy atom. The Hall–Kier alpha value is -5.18. The van der Waals surface area contributed by atoms with Gasteiger partial charge in [0, 0.05) is 30.9 Å². The molecule has 0 aliphatic rings. The predicted octanol–water partition coefficient (Wildman–Crippen LogP) is 4.35. The maximum atomic E-state index is 12.4. The highest BCUT2D eigenvalue weighted by Gasteiger charge is 2.19. The van der Waals surface area contributed by atoms with E-state index in [4.69, 9.17) is 0 Å². The molecule has 0 saturated heterocycles. The fourth-order valence-corrected chi connectivity index (χ4v) is 3.97. The molecule has 3 aromatic carbocycles. The Balaban J connectivity index is 1.44. The normalized spacial score (nSPS) is 10.8. The predicted molar refractivity (Wildman–Crippen MR) is 150 cm³/mol. The highest BCUT2D eigenvalue weighted by molar-refractivity contribution is 6.17. The van der Waals surface area contributed by atoms with Crippen molar-refractivity contribution in [2.45, 2.75) is 6.54 Å². The number of ether oxygens (including phenoxy) is 2. The van der Waals surface area contributed by atoms with Crippen LogP contribution in [0.2, 0.25) is 0 Å². The summed E-state index contributed by atoms with van der Waals surface area (Å²) in [5, 5.41) is 11.1. The molecule has 0 saturated carbocycles. The summed E-state index contributed by atoms with van der Waals surface area (Å²) in [7, 11) is 4.35. The summed E-state index contributed by atoms with van der Waals surface area (Å²) in [6.45, 7) is 0.611. The van der Waals surface area contributed by atoms with Gasteiger partial charge < -0.3 is 24.5 Å². The van der Waals surface area contributed by atoms with E-state index in [0.29, 0.717) is 28.7 Å². The maximum absolute atomic E-state index is 12.4. The molecule has 0 amide bonds. The molecule has 0 aliphatic heterocycles. The minimum atomic E-state index is -0.767. The van der Waals surface area contributed by atoms with E-state index in [1.54, 1.807) is 36.4 Å². The highest BCUT2D eigenvalue weighted by Crippen LogP contribution is 2.24. The van der Waals surface area contributed by atoms with Crippen molar-refractivity contribution in [2.75, 3.05) is 26.2 Å². The lowest BCUT2D eigenvalue weighted by molar-refractivity contribution is -0.143. The molecule has 4 rings (SSSR count). The molecule has 0 bridgehead atoms. The standard InChI is InChI=1S/C30H27N3O6/c1-33(22-14-10-19(11-15-22)16-24(29(36)38-2)30(37)39-3)18-20-8-12-21(13-9-20)31-17-25-27(34)23-6-4-5-7-26(23)32-28(25)35/h4-17H,18H2,1-3H3,(H2,32,34,35). The van der Waals surface area contributed by atoms with E-state index in [9.17, 15) is 19.5 Å². The van der Waals surface area contributed by atoms with Gasteiger partial charge in [-0.3, -0.25) is 9.79 Å². The molecule has 0 atom stereocenters. The largest absolute Gasteiger partial charge is 0.506 e. The Labute approximate surface area is 224 Å². The van der Waals surface area contributed by atoms with Gasteiger partial charge in [0.15, 0.2) is 0 Å². The molecule has 0 spiro atoms. The molecule has 1 heterocycles. The second-order valence-corrected chi connectivity index (χ2v) is 8.68. The van der Waals surface area contributed by atoms with Crippen molar-refractivity contribution < 1.29 is 24.2 Å². The highest BCUT2D eigenvalue weighted by atomic mass is 16.5. The van der Waals surface area contributed by atoms with E-state index in [-0.39, 0.29) is 16.9 Å². The third kappa shape index (κ3) is 6.22. The number of aromatic amines is 1. The van der Waals surface area contributed by atoms with Gasteiger partial charge in [-0.25, -0.2) is 9.59 Å². The number of methoxy groups -OCH3 is 2. The number of aliphatic imine (C=N–C) groups is 1. The molecule has 9 nitrogen and oxygen atoms in total. The molecule has 4 aromatic rings. The van der Waals surface area contributed by atoms with E-state index in [1.807, 2.05) is 48.3 Å². The van der Waals surface area contributed by atoms with Crippen molar-refractivity contribution in [3.05, 3.63) is 105 Å². The van der Waals surface area contributed by atoms with Gasteiger partial charge >= 0.3 is 11.9 Å². The van der Waals surface area contributed by atoms with Crippen LogP contribution in [0.3, 0.4) is 0 Å². The zero-order valence-corrected chi connectivity index (χ0v) is 21.7.